The SMILES string of the molecule is Cc1nc(Cn2cnc(Cl)c(N)c2=O)cs1. The lowest BCUT2D eigenvalue weighted by molar-refractivity contribution is 0.724. The fraction of sp³-hybridized carbons (Fsp3) is 0.222. The van der Waals surface area contributed by atoms with Gasteiger partial charge < -0.3 is 5.73 Å². The number of aryl methyl sites for hydroxylation is 1. The highest BCUT2D eigenvalue weighted by Crippen LogP contribution is 2.11. The number of hydrogen-bond donors (Lipinski definition) is 1. The number of halogens is 1. The lowest BCUT2D eigenvalue weighted by Crippen LogP contribution is -2.24. The van der Waals surface area contributed by atoms with Crippen LogP contribution in [0.5, 0.6) is 0 Å². The minimum Gasteiger partial charge on any atom is -0.392 e. The Bertz CT molecular complexity index is 577. The zero-order valence-corrected chi connectivity index (χ0v) is 10.0. The molecule has 2 aromatic rings. The molecule has 0 radical (unpaired) electrons. The van der Waals surface area contributed by atoms with E-state index >= 15 is 0 Å². The number of hydrogen-bond acceptors (Lipinski definition) is 5. The number of rotatable bonds is 2. The van der Waals surface area contributed by atoms with Crippen LogP contribution in [0.25, 0.3) is 0 Å². The Labute approximate surface area is 101 Å². The van der Waals surface area contributed by atoms with Crippen molar-refractivity contribution in [3.8, 4) is 0 Å². The molecule has 0 atom stereocenters. The Hall–Kier alpha value is -1.40. The van der Waals surface area contributed by atoms with Gasteiger partial charge in [-0.25, -0.2) is 9.97 Å². The number of nitrogens with zero attached hydrogens (tertiary/aromatic N) is 3. The first kappa shape index (κ1) is 11.1. The van der Waals surface area contributed by atoms with Crippen molar-refractivity contribution in [1.29, 1.82) is 0 Å². The largest absolute Gasteiger partial charge is 0.392 e. The van der Waals surface area contributed by atoms with Gasteiger partial charge in [-0.1, -0.05) is 11.6 Å². The van der Waals surface area contributed by atoms with Gasteiger partial charge in [0.2, 0.25) is 0 Å². The van der Waals surface area contributed by atoms with Gasteiger partial charge in [-0.2, -0.15) is 0 Å². The Kier molecular flexibility index (Phi) is 2.93. The molecule has 0 unspecified atom stereocenters. The van der Waals surface area contributed by atoms with Gasteiger partial charge in [0.15, 0.2) is 5.15 Å². The zero-order chi connectivity index (χ0) is 11.7. The van der Waals surface area contributed by atoms with Crippen LogP contribution in [0.4, 0.5) is 5.69 Å². The first-order valence-corrected chi connectivity index (χ1v) is 5.75. The van der Waals surface area contributed by atoms with E-state index in [-0.39, 0.29) is 16.4 Å². The van der Waals surface area contributed by atoms with Crippen LogP contribution in [0, 0.1) is 6.92 Å². The number of anilines is 1. The minimum absolute atomic E-state index is 0.0314. The predicted molar refractivity (Wildman–Crippen MR) is 63.9 cm³/mol. The molecule has 0 spiro atoms. The summed E-state index contributed by atoms with van der Waals surface area (Å²) in [7, 11) is 0. The number of thiazole rings is 1. The molecule has 0 aliphatic rings. The van der Waals surface area contributed by atoms with Crippen LogP contribution in [0.1, 0.15) is 10.7 Å². The zero-order valence-electron chi connectivity index (χ0n) is 8.48. The molecule has 2 N–H and O–H groups in total. The Morgan fingerprint density at radius 1 is 1.62 bits per heavy atom. The monoisotopic (exact) mass is 256 g/mol. The van der Waals surface area contributed by atoms with Crippen molar-refractivity contribution in [3.05, 3.63) is 37.9 Å². The van der Waals surface area contributed by atoms with E-state index in [2.05, 4.69) is 9.97 Å². The third-order valence-corrected chi connectivity index (χ3v) is 3.15. The summed E-state index contributed by atoms with van der Waals surface area (Å²) in [6.45, 7) is 2.27. The molecule has 5 nitrogen and oxygen atoms in total. The summed E-state index contributed by atoms with van der Waals surface area (Å²) in [6.07, 6.45) is 1.37. The van der Waals surface area contributed by atoms with Crippen LogP contribution in [-0.4, -0.2) is 14.5 Å². The van der Waals surface area contributed by atoms with Crippen molar-refractivity contribution in [3.63, 3.8) is 0 Å². The fourth-order valence-corrected chi connectivity index (χ4v) is 1.98. The molecule has 16 heavy (non-hydrogen) atoms. The molecule has 2 rings (SSSR count). The third-order valence-electron chi connectivity index (χ3n) is 2.02. The smallest absolute Gasteiger partial charge is 0.278 e. The van der Waals surface area contributed by atoms with E-state index in [9.17, 15) is 4.79 Å². The van der Waals surface area contributed by atoms with E-state index < -0.39 is 0 Å². The van der Waals surface area contributed by atoms with Gasteiger partial charge >= 0.3 is 0 Å². The fourth-order valence-electron chi connectivity index (χ4n) is 1.25. The van der Waals surface area contributed by atoms with Crippen molar-refractivity contribution >= 4 is 28.6 Å². The van der Waals surface area contributed by atoms with Crippen molar-refractivity contribution in [2.75, 3.05) is 5.73 Å². The molecule has 7 heteroatoms. The lowest BCUT2D eigenvalue weighted by atomic mass is 10.4. The summed E-state index contributed by atoms with van der Waals surface area (Å²) in [6, 6.07) is 0. The Morgan fingerprint density at radius 3 is 3.00 bits per heavy atom. The first-order chi connectivity index (χ1) is 7.58. The van der Waals surface area contributed by atoms with Crippen LogP contribution in [0.15, 0.2) is 16.5 Å². The molecule has 0 fully saturated rings. The topological polar surface area (TPSA) is 73.8 Å². The van der Waals surface area contributed by atoms with E-state index in [0.717, 1.165) is 10.7 Å². The second-order valence-corrected chi connectivity index (χ2v) is 4.66. The van der Waals surface area contributed by atoms with Gasteiger partial charge in [0, 0.05) is 5.38 Å². The molecule has 0 saturated carbocycles. The molecule has 0 aliphatic heterocycles. The predicted octanol–water partition coefficient (Wildman–Crippen LogP) is 1.29. The quantitative estimate of drug-likeness (QED) is 0.822. The second-order valence-electron chi connectivity index (χ2n) is 3.24. The summed E-state index contributed by atoms with van der Waals surface area (Å²) in [4.78, 5) is 19.8. The molecule has 2 heterocycles. The van der Waals surface area contributed by atoms with Crippen molar-refractivity contribution in [1.82, 2.24) is 14.5 Å². The maximum absolute atomic E-state index is 11.7. The van der Waals surface area contributed by atoms with Crippen molar-refractivity contribution in [2.24, 2.45) is 0 Å². The summed E-state index contributed by atoms with van der Waals surface area (Å²) >= 11 is 7.16. The molecular formula is C9H9ClN4OS. The van der Waals surface area contributed by atoms with Gasteiger partial charge in [0.05, 0.1) is 23.6 Å². The van der Waals surface area contributed by atoms with Crippen LogP contribution in [0.3, 0.4) is 0 Å². The number of nitrogen functional groups attached to an aromatic ring is 1. The van der Waals surface area contributed by atoms with E-state index in [4.69, 9.17) is 17.3 Å². The van der Waals surface area contributed by atoms with Gasteiger partial charge in [0.1, 0.15) is 5.69 Å². The normalized spacial score (nSPS) is 10.6. The Morgan fingerprint density at radius 2 is 2.38 bits per heavy atom. The highest BCUT2D eigenvalue weighted by molar-refractivity contribution is 7.09. The highest BCUT2D eigenvalue weighted by atomic mass is 35.5. The first-order valence-electron chi connectivity index (χ1n) is 4.49. The summed E-state index contributed by atoms with van der Waals surface area (Å²) in [5.74, 6) is 0. The van der Waals surface area contributed by atoms with Crippen molar-refractivity contribution in [2.45, 2.75) is 13.5 Å². The van der Waals surface area contributed by atoms with E-state index in [1.54, 1.807) is 0 Å². The van der Waals surface area contributed by atoms with Crippen molar-refractivity contribution < 1.29 is 0 Å². The van der Waals surface area contributed by atoms with E-state index in [1.807, 2.05) is 12.3 Å². The van der Waals surface area contributed by atoms with Crippen LogP contribution in [-0.2, 0) is 6.54 Å². The van der Waals surface area contributed by atoms with Gasteiger partial charge in [-0.05, 0) is 6.92 Å². The maximum Gasteiger partial charge on any atom is 0.278 e. The lowest BCUT2D eigenvalue weighted by Gasteiger charge is -2.04. The number of nitrogens with two attached hydrogens (primary N) is 1. The highest BCUT2D eigenvalue weighted by Gasteiger charge is 2.07. The van der Waals surface area contributed by atoms with Gasteiger partial charge in [-0.3, -0.25) is 9.36 Å². The van der Waals surface area contributed by atoms with E-state index in [0.29, 0.717) is 6.54 Å². The molecule has 0 bridgehead atoms. The molecule has 2 aromatic heterocycles. The molecule has 0 aliphatic carbocycles. The van der Waals surface area contributed by atoms with Crippen LogP contribution < -0.4 is 11.3 Å². The van der Waals surface area contributed by atoms with Gasteiger partial charge in [0.25, 0.3) is 5.56 Å². The molecular weight excluding hydrogens is 248 g/mol. The molecule has 0 aromatic carbocycles. The summed E-state index contributed by atoms with van der Waals surface area (Å²) < 4.78 is 1.38. The van der Waals surface area contributed by atoms with E-state index in [1.165, 1.54) is 22.2 Å². The molecule has 0 amide bonds. The van der Waals surface area contributed by atoms with Crippen LogP contribution in [0.2, 0.25) is 5.15 Å². The minimum atomic E-state index is -0.342. The average molecular weight is 257 g/mol. The van der Waals surface area contributed by atoms with Crippen LogP contribution >= 0.6 is 22.9 Å². The number of aromatic nitrogens is 3. The Balaban J connectivity index is 2.36. The molecule has 0 saturated heterocycles. The third kappa shape index (κ3) is 2.07. The average Bonchev–Trinajstić information content (AvgIpc) is 2.65. The van der Waals surface area contributed by atoms with Gasteiger partial charge in [-0.15, -0.1) is 11.3 Å². The summed E-state index contributed by atoms with van der Waals surface area (Å²) in [5, 5.41) is 2.89. The second kappa shape index (κ2) is 4.23. The standard InChI is InChI=1S/C9H9ClN4OS/c1-5-13-6(3-16-5)2-14-4-12-8(10)7(11)9(14)15/h3-4H,2,11H2,1H3. The maximum atomic E-state index is 11.7. The summed E-state index contributed by atoms with van der Waals surface area (Å²) in [5.41, 5.74) is 5.94. The molecule has 84 valence electrons.